The molecule has 0 saturated carbocycles. The molecule has 2 rings (SSSR count). The van der Waals surface area contributed by atoms with Gasteiger partial charge in [-0.05, 0) is 37.6 Å². The average Bonchev–Trinajstić information content (AvgIpc) is 2.45. The van der Waals surface area contributed by atoms with Gasteiger partial charge in [0, 0.05) is 22.8 Å². The number of nitrogens with one attached hydrogen (secondary N) is 1. The van der Waals surface area contributed by atoms with E-state index in [2.05, 4.69) is 10.3 Å². The second-order valence-electron chi connectivity index (χ2n) is 4.71. The average molecular weight is 434 g/mol. The Morgan fingerprint density at radius 1 is 1.23 bits per heavy atom. The second kappa shape index (κ2) is 8.95. The van der Waals surface area contributed by atoms with Gasteiger partial charge < -0.3 is 11.1 Å². The van der Waals surface area contributed by atoms with Gasteiger partial charge in [-0.1, -0.05) is 35.4 Å². The van der Waals surface area contributed by atoms with Gasteiger partial charge in [-0.15, -0.1) is 24.0 Å². The van der Waals surface area contributed by atoms with Crippen LogP contribution >= 0.6 is 35.6 Å². The molecule has 0 fully saturated rings. The van der Waals surface area contributed by atoms with E-state index >= 15 is 0 Å². The third-order valence-corrected chi connectivity index (χ3v) is 3.38. The van der Waals surface area contributed by atoms with E-state index in [0.717, 1.165) is 5.69 Å². The number of hydrogen-bond acceptors (Lipinski definition) is 1. The number of guanidine groups is 1. The SMILES string of the molecule is Cc1ccc(NC(N)=NCCc2c(F)cccc2Cl)cc1.I. The van der Waals surface area contributed by atoms with E-state index in [1.807, 2.05) is 31.2 Å². The van der Waals surface area contributed by atoms with Gasteiger partial charge in [0.2, 0.25) is 0 Å². The number of hydrogen-bond donors (Lipinski definition) is 2. The summed E-state index contributed by atoms with van der Waals surface area (Å²) < 4.78 is 13.6. The predicted octanol–water partition coefficient (Wildman–Crippen LogP) is 4.37. The minimum Gasteiger partial charge on any atom is -0.370 e. The second-order valence-corrected chi connectivity index (χ2v) is 5.12. The molecule has 2 aromatic carbocycles. The Morgan fingerprint density at radius 3 is 2.55 bits per heavy atom. The van der Waals surface area contributed by atoms with Crippen LogP contribution in [0.4, 0.5) is 10.1 Å². The van der Waals surface area contributed by atoms with Crippen LogP contribution in [0.25, 0.3) is 0 Å². The first-order valence-electron chi connectivity index (χ1n) is 6.63. The van der Waals surface area contributed by atoms with Crippen LogP contribution in [0.5, 0.6) is 0 Å². The normalized spacial score (nSPS) is 11.0. The Hall–Kier alpha value is -1.34. The fraction of sp³-hybridized carbons (Fsp3) is 0.188. The lowest BCUT2D eigenvalue weighted by molar-refractivity contribution is 0.610. The Kier molecular flexibility index (Phi) is 7.61. The number of nitrogens with zero attached hydrogens (tertiary/aromatic N) is 1. The van der Waals surface area contributed by atoms with E-state index in [1.165, 1.54) is 11.6 Å². The van der Waals surface area contributed by atoms with E-state index in [1.54, 1.807) is 12.1 Å². The van der Waals surface area contributed by atoms with Gasteiger partial charge in [-0.25, -0.2) is 4.39 Å². The molecule has 0 unspecified atom stereocenters. The first-order valence-corrected chi connectivity index (χ1v) is 7.00. The molecule has 0 spiro atoms. The first-order chi connectivity index (χ1) is 10.1. The lowest BCUT2D eigenvalue weighted by atomic mass is 10.1. The summed E-state index contributed by atoms with van der Waals surface area (Å²) in [4.78, 5) is 4.18. The topological polar surface area (TPSA) is 50.4 Å². The Labute approximate surface area is 151 Å². The Balaban J connectivity index is 0.00000242. The highest BCUT2D eigenvalue weighted by Crippen LogP contribution is 2.19. The molecule has 0 aliphatic carbocycles. The van der Waals surface area contributed by atoms with Crippen molar-refractivity contribution in [1.82, 2.24) is 0 Å². The van der Waals surface area contributed by atoms with Gasteiger partial charge in [0.15, 0.2) is 5.96 Å². The number of aliphatic imine (C=N–C) groups is 1. The number of aryl methyl sites for hydroxylation is 1. The van der Waals surface area contributed by atoms with Crippen molar-refractivity contribution in [1.29, 1.82) is 0 Å². The van der Waals surface area contributed by atoms with Crippen molar-refractivity contribution in [3.05, 3.63) is 64.4 Å². The van der Waals surface area contributed by atoms with Crippen molar-refractivity contribution < 1.29 is 4.39 Å². The van der Waals surface area contributed by atoms with Crippen LogP contribution in [0, 0.1) is 12.7 Å². The number of nitrogens with two attached hydrogens (primary N) is 1. The molecule has 3 nitrogen and oxygen atoms in total. The highest BCUT2D eigenvalue weighted by molar-refractivity contribution is 14.0. The summed E-state index contributed by atoms with van der Waals surface area (Å²) in [7, 11) is 0. The van der Waals surface area contributed by atoms with Crippen molar-refractivity contribution in [3.8, 4) is 0 Å². The lowest BCUT2D eigenvalue weighted by Gasteiger charge is -2.07. The van der Waals surface area contributed by atoms with Gasteiger partial charge in [0.05, 0.1) is 0 Å². The predicted molar refractivity (Wildman–Crippen MR) is 102 cm³/mol. The molecule has 0 saturated heterocycles. The molecule has 0 amide bonds. The zero-order chi connectivity index (χ0) is 15.2. The third kappa shape index (κ3) is 5.46. The largest absolute Gasteiger partial charge is 0.370 e. The van der Waals surface area contributed by atoms with Crippen molar-refractivity contribution in [2.24, 2.45) is 10.7 Å². The maximum atomic E-state index is 13.6. The molecule has 118 valence electrons. The molecule has 0 aromatic heterocycles. The maximum absolute atomic E-state index is 13.6. The van der Waals surface area contributed by atoms with Crippen molar-refractivity contribution in [2.45, 2.75) is 13.3 Å². The van der Waals surface area contributed by atoms with Gasteiger partial charge >= 0.3 is 0 Å². The summed E-state index contributed by atoms with van der Waals surface area (Å²) >= 11 is 5.95. The van der Waals surface area contributed by atoms with Crippen LogP contribution < -0.4 is 11.1 Å². The molecular weight excluding hydrogens is 416 g/mol. The van der Waals surface area contributed by atoms with Crippen molar-refractivity contribution >= 4 is 47.2 Å². The molecule has 2 aromatic rings. The zero-order valence-electron chi connectivity index (χ0n) is 12.1. The standard InChI is InChI=1S/C16H17ClFN3.HI/c1-11-5-7-12(8-6-11)21-16(19)20-10-9-13-14(17)3-2-4-15(13)18;/h2-8H,9-10H2,1H3,(H3,19,20,21);1H. The maximum Gasteiger partial charge on any atom is 0.193 e. The lowest BCUT2D eigenvalue weighted by Crippen LogP contribution is -2.23. The molecule has 6 heteroatoms. The van der Waals surface area contributed by atoms with Crippen LogP contribution in [0.1, 0.15) is 11.1 Å². The number of halogens is 3. The minimum absolute atomic E-state index is 0. The summed E-state index contributed by atoms with van der Waals surface area (Å²) in [6, 6.07) is 12.4. The highest BCUT2D eigenvalue weighted by atomic mass is 127. The van der Waals surface area contributed by atoms with Crippen LogP contribution in [0.2, 0.25) is 5.02 Å². The fourth-order valence-electron chi connectivity index (χ4n) is 1.88. The van der Waals surface area contributed by atoms with Crippen LogP contribution in [0.15, 0.2) is 47.5 Å². The fourth-order valence-corrected chi connectivity index (χ4v) is 2.14. The molecule has 0 radical (unpaired) electrons. The molecule has 0 atom stereocenters. The molecular formula is C16H18ClFIN3. The van der Waals surface area contributed by atoms with Gasteiger partial charge in [0.1, 0.15) is 5.82 Å². The summed E-state index contributed by atoms with van der Waals surface area (Å²) in [6.07, 6.45) is 0.405. The van der Waals surface area contributed by atoms with E-state index in [4.69, 9.17) is 17.3 Å². The monoisotopic (exact) mass is 433 g/mol. The Bertz CT molecular complexity index is 624. The quantitative estimate of drug-likeness (QED) is 0.427. The van der Waals surface area contributed by atoms with E-state index < -0.39 is 0 Å². The summed E-state index contributed by atoms with van der Waals surface area (Å²) in [6.45, 7) is 2.38. The number of anilines is 1. The molecule has 0 aliphatic heterocycles. The summed E-state index contributed by atoms with van der Waals surface area (Å²) in [5.74, 6) is -0.0194. The Morgan fingerprint density at radius 2 is 1.91 bits per heavy atom. The van der Waals surface area contributed by atoms with Gasteiger partial charge in [-0.3, -0.25) is 4.99 Å². The summed E-state index contributed by atoms with van der Waals surface area (Å²) in [5, 5.41) is 3.40. The van der Waals surface area contributed by atoms with E-state index in [0.29, 0.717) is 29.5 Å². The molecule has 3 N–H and O–H groups in total. The summed E-state index contributed by atoms with van der Waals surface area (Å²) in [5.41, 5.74) is 8.30. The molecule has 0 heterocycles. The van der Waals surface area contributed by atoms with Crippen LogP contribution in [-0.2, 0) is 6.42 Å². The highest BCUT2D eigenvalue weighted by Gasteiger charge is 2.05. The molecule has 0 aliphatic rings. The molecule has 22 heavy (non-hydrogen) atoms. The van der Waals surface area contributed by atoms with E-state index in [9.17, 15) is 4.39 Å². The van der Waals surface area contributed by atoms with Gasteiger partial charge in [-0.2, -0.15) is 0 Å². The van der Waals surface area contributed by atoms with Crippen LogP contribution in [0.3, 0.4) is 0 Å². The van der Waals surface area contributed by atoms with Crippen LogP contribution in [-0.4, -0.2) is 12.5 Å². The molecule has 0 bridgehead atoms. The first kappa shape index (κ1) is 18.7. The minimum atomic E-state index is -0.317. The smallest absolute Gasteiger partial charge is 0.193 e. The van der Waals surface area contributed by atoms with E-state index in [-0.39, 0.29) is 29.8 Å². The number of benzene rings is 2. The number of rotatable bonds is 4. The third-order valence-electron chi connectivity index (χ3n) is 3.03. The van der Waals surface area contributed by atoms with Gasteiger partial charge in [0.25, 0.3) is 0 Å². The zero-order valence-corrected chi connectivity index (χ0v) is 15.2. The van der Waals surface area contributed by atoms with Crippen molar-refractivity contribution in [2.75, 3.05) is 11.9 Å². The van der Waals surface area contributed by atoms with Crippen molar-refractivity contribution in [3.63, 3.8) is 0 Å².